The maximum atomic E-state index is 13.6. The molecular formula is C14H17Cl2FN2O4. The zero-order valence-corrected chi connectivity index (χ0v) is 13.9. The lowest BCUT2D eigenvalue weighted by Gasteiger charge is -2.25. The largest absolute Gasteiger partial charge is 0.509 e. The Labute approximate surface area is 143 Å². The smallest absolute Gasteiger partial charge is 0.293 e. The predicted molar refractivity (Wildman–Crippen MR) is 84.7 cm³/mol. The monoisotopic (exact) mass is 366 g/mol. The van der Waals surface area contributed by atoms with Gasteiger partial charge in [0.25, 0.3) is 12.4 Å². The Bertz CT molecular complexity index is 535. The van der Waals surface area contributed by atoms with Crippen molar-refractivity contribution in [3.8, 4) is 0 Å². The van der Waals surface area contributed by atoms with Crippen molar-refractivity contribution in [3.05, 3.63) is 35.5 Å². The minimum absolute atomic E-state index is 0.00157. The molecule has 1 rings (SSSR count). The maximum Gasteiger partial charge on any atom is 0.293 e. The number of hydrogen-bond acceptors (Lipinski definition) is 5. The highest BCUT2D eigenvalue weighted by Crippen LogP contribution is 2.19. The van der Waals surface area contributed by atoms with Crippen LogP contribution in [0.1, 0.15) is 6.42 Å². The van der Waals surface area contributed by atoms with Crippen molar-refractivity contribution in [2.24, 2.45) is 0 Å². The lowest BCUT2D eigenvalue weighted by molar-refractivity contribution is -0.135. The highest BCUT2D eigenvalue weighted by molar-refractivity contribution is 6.53. The Morgan fingerprint density at radius 1 is 1.61 bits per heavy atom. The summed E-state index contributed by atoms with van der Waals surface area (Å²) in [5.74, 6) is -1.69. The Kier molecular flexibility index (Phi) is 7.91. The number of alkyl halides is 2. The van der Waals surface area contributed by atoms with Gasteiger partial charge in [-0.05, 0) is 6.08 Å². The van der Waals surface area contributed by atoms with E-state index < -0.39 is 22.7 Å². The molecule has 0 spiro atoms. The number of allylic oxidation sites excluding steroid dienone is 4. The van der Waals surface area contributed by atoms with Gasteiger partial charge < -0.3 is 20.1 Å². The molecule has 1 atom stereocenters. The second-order valence-electron chi connectivity index (χ2n) is 4.75. The number of ether oxygens (including phenoxy) is 1. The summed E-state index contributed by atoms with van der Waals surface area (Å²) in [6.45, 7) is 0.435. The number of hydrogen-bond donors (Lipinski definition) is 2. The SMILES string of the molecule is CN(CC(CNC(=O)C(Cl)Cl)OC=O)C1=CC(F)=C(O)CC=C1. The van der Waals surface area contributed by atoms with Crippen LogP contribution in [0.4, 0.5) is 4.39 Å². The van der Waals surface area contributed by atoms with Gasteiger partial charge in [0, 0.05) is 25.2 Å². The van der Waals surface area contributed by atoms with Gasteiger partial charge in [-0.2, -0.15) is 0 Å². The van der Waals surface area contributed by atoms with Crippen molar-refractivity contribution in [3.63, 3.8) is 0 Å². The van der Waals surface area contributed by atoms with Crippen molar-refractivity contribution in [1.29, 1.82) is 0 Å². The molecule has 1 amide bonds. The van der Waals surface area contributed by atoms with Crippen molar-refractivity contribution in [2.75, 3.05) is 20.1 Å². The average Bonchev–Trinajstić information content (AvgIpc) is 2.66. The Hall–Kier alpha value is -1.73. The molecule has 0 aromatic carbocycles. The maximum absolute atomic E-state index is 13.6. The summed E-state index contributed by atoms with van der Waals surface area (Å²) in [7, 11) is 1.65. The minimum Gasteiger partial charge on any atom is -0.509 e. The molecule has 9 heteroatoms. The van der Waals surface area contributed by atoms with Crippen LogP contribution in [0.3, 0.4) is 0 Å². The second kappa shape index (κ2) is 9.42. The molecule has 1 aliphatic carbocycles. The van der Waals surface area contributed by atoms with E-state index >= 15 is 0 Å². The van der Waals surface area contributed by atoms with Gasteiger partial charge in [-0.3, -0.25) is 9.59 Å². The number of carbonyl (C=O) groups excluding carboxylic acids is 2. The molecule has 0 bridgehead atoms. The molecule has 128 valence electrons. The normalized spacial score (nSPS) is 15.8. The molecule has 0 aromatic heterocycles. The van der Waals surface area contributed by atoms with Gasteiger partial charge in [-0.25, -0.2) is 4.39 Å². The van der Waals surface area contributed by atoms with E-state index in [-0.39, 0.29) is 31.7 Å². The molecule has 0 heterocycles. The van der Waals surface area contributed by atoms with Gasteiger partial charge in [0.1, 0.15) is 11.9 Å². The third-order valence-electron chi connectivity index (χ3n) is 3.02. The molecule has 0 aliphatic heterocycles. The topological polar surface area (TPSA) is 78.9 Å². The zero-order valence-electron chi connectivity index (χ0n) is 12.3. The number of carbonyl (C=O) groups is 2. The van der Waals surface area contributed by atoms with E-state index in [0.717, 1.165) is 0 Å². The number of nitrogens with zero attached hydrogens (tertiary/aromatic N) is 1. The molecule has 2 N–H and O–H groups in total. The lowest BCUT2D eigenvalue weighted by Crippen LogP contribution is -2.41. The Balaban J connectivity index is 2.70. The average molecular weight is 367 g/mol. The first-order valence-corrected chi connectivity index (χ1v) is 7.54. The number of aliphatic hydroxyl groups excluding tert-OH is 1. The summed E-state index contributed by atoms with van der Waals surface area (Å²) < 4.78 is 18.5. The van der Waals surface area contributed by atoms with Crippen molar-refractivity contribution in [1.82, 2.24) is 10.2 Å². The van der Waals surface area contributed by atoms with E-state index in [1.807, 2.05) is 0 Å². The van der Waals surface area contributed by atoms with Crippen LogP contribution in [0, 0.1) is 0 Å². The first-order valence-electron chi connectivity index (χ1n) is 6.67. The Morgan fingerprint density at radius 3 is 2.91 bits per heavy atom. The molecule has 0 radical (unpaired) electrons. The summed E-state index contributed by atoms with van der Waals surface area (Å²) >= 11 is 10.8. The summed E-state index contributed by atoms with van der Waals surface area (Å²) in [4.78, 5) is 22.3. The van der Waals surface area contributed by atoms with Gasteiger partial charge >= 0.3 is 0 Å². The molecule has 1 unspecified atom stereocenters. The van der Waals surface area contributed by atoms with Gasteiger partial charge in [-0.1, -0.05) is 29.3 Å². The third-order valence-corrected chi connectivity index (χ3v) is 3.41. The van der Waals surface area contributed by atoms with Crippen LogP contribution in [-0.4, -0.2) is 53.5 Å². The van der Waals surface area contributed by atoms with E-state index in [9.17, 15) is 19.1 Å². The molecule has 0 saturated carbocycles. The first kappa shape index (κ1) is 19.3. The van der Waals surface area contributed by atoms with E-state index in [0.29, 0.717) is 5.70 Å². The van der Waals surface area contributed by atoms with E-state index in [1.165, 1.54) is 6.08 Å². The fourth-order valence-electron chi connectivity index (χ4n) is 1.82. The third kappa shape index (κ3) is 6.50. The number of amides is 1. The second-order valence-corrected chi connectivity index (χ2v) is 5.85. The van der Waals surface area contributed by atoms with Crippen molar-refractivity contribution in [2.45, 2.75) is 17.4 Å². The summed E-state index contributed by atoms with van der Waals surface area (Å²) in [5, 5.41) is 11.8. The van der Waals surface area contributed by atoms with Gasteiger partial charge in [0.2, 0.25) is 0 Å². The zero-order chi connectivity index (χ0) is 17.4. The molecule has 23 heavy (non-hydrogen) atoms. The fraction of sp³-hybridized carbons (Fsp3) is 0.429. The summed E-state index contributed by atoms with van der Waals surface area (Å²) in [6.07, 6.45) is 3.81. The standard InChI is InChI=1S/C14H17Cl2FN2O4/c1-19(9-3-2-4-12(21)11(17)5-9)7-10(23-8-20)6-18-14(22)13(15)16/h2-3,5,8,10,13,21H,4,6-7H2,1H3,(H,18,22). The number of aliphatic hydroxyl groups is 1. The molecule has 0 aromatic rings. The van der Waals surface area contributed by atoms with Crippen molar-refractivity contribution >= 4 is 35.6 Å². The predicted octanol–water partition coefficient (Wildman–Crippen LogP) is 1.96. The number of likely N-dealkylation sites (N-methyl/N-ethyl adjacent to an activating group) is 1. The van der Waals surface area contributed by atoms with Crippen LogP contribution in [0.15, 0.2) is 35.5 Å². The minimum atomic E-state index is -1.22. The van der Waals surface area contributed by atoms with Crippen LogP contribution in [-0.2, 0) is 14.3 Å². The first-order chi connectivity index (χ1) is 10.8. The quantitative estimate of drug-likeness (QED) is 0.507. The number of rotatable bonds is 8. The number of halogens is 3. The molecule has 6 nitrogen and oxygen atoms in total. The molecule has 1 aliphatic rings. The van der Waals surface area contributed by atoms with E-state index in [2.05, 4.69) is 5.32 Å². The highest BCUT2D eigenvalue weighted by Gasteiger charge is 2.18. The van der Waals surface area contributed by atoms with E-state index in [4.69, 9.17) is 27.9 Å². The van der Waals surface area contributed by atoms with E-state index in [1.54, 1.807) is 24.1 Å². The van der Waals surface area contributed by atoms with Crippen LogP contribution in [0.25, 0.3) is 0 Å². The molecular weight excluding hydrogens is 350 g/mol. The van der Waals surface area contributed by atoms with Crippen LogP contribution < -0.4 is 5.32 Å². The van der Waals surface area contributed by atoms with Crippen LogP contribution in [0.2, 0.25) is 0 Å². The fourth-order valence-corrected chi connectivity index (χ4v) is 1.98. The van der Waals surface area contributed by atoms with Crippen LogP contribution >= 0.6 is 23.2 Å². The van der Waals surface area contributed by atoms with Gasteiger partial charge in [-0.15, -0.1) is 0 Å². The van der Waals surface area contributed by atoms with Gasteiger partial charge in [0.05, 0.1) is 13.1 Å². The molecule has 0 fully saturated rings. The summed E-state index contributed by atoms with van der Waals surface area (Å²) in [6, 6.07) is 0. The van der Waals surface area contributed by atoms with Crippen LogP contribution in [0.5, 0.6) is 0 Å². The highest BCUT2D eigenvalue weighted by atomic mass is 35.5. The van der Waals surface area contributed by atoms with Gasteiger partial charge in [0.15, 0.2) is 10.7 Å². The molecule has 0 saturated heterocycles. The summed E-state index contributed by atoms with van der Waals surface area (Å²) in [5.41, 5.74) is 0.477. The Morgan fingerprint density at radius 2 is 2.30 bits per heavy atom. The number of nitrogens with one attached hydrogen (secondary N) is 1. The lowest BCUT2D eigenvalue weighted by atomic mass is 10.2. The van der Waals surface area contributed by atoms with Crippen molar-refractivity contribution < 1.29 is 23.8 Å².